The lowest BCUT2D eigenvalue weighted by molar-refractivity contribution is -0.151. The summed E-state index contributed by atoms with van der Waals surface area (Å²) in [4.78, 5) is 25.8. The van der Waals surface area contributed by atoms with Gasteiger partial charge in [-0.15, -0.1) is 0 Å². The Morgan fingerprint density at radius 1 is 1.14 bits per heavy atom. The summed E-state index contributed by atoms with van der Waals surface area (Å²) in [6, 6.07) is 14.0. The van der Waals surface area contributed by atoms with Crippen LogP contribution in [0.2, 0.25) is 0 Å². The second kappa shape index (κ2) is 7.03. The molecule has 2 aromatic carbocycles. The number of nitrogens with one attached hydrogen (secondary N) is 2. The third-order valence-electron chi connectivity index (χ3n) is 5.43. The standard InChI is InChI=1S/C22H22N2O4/c1-12-10-17-19(21(26)18(12)22(27)28-2)20(13-6-5-7-14(25)11-13)24-16-9-4-3-8-15(16)23-17/h3-9,11-12,18,20,23-25H,10H2,1-2H3/t12-,18+,20-/m0/s1. The number of phenols is 1. The number of hydrogen-bond acceptors (Lipinski definition) is 6. The summed E-state index contributed by atoms with van der Waals surface area (Å²) in [7, 11) is 1.30. The maximum Gasteiger partial charge on any atom is 0.316 e. The Hall–Kier alpha value is -3.28. The lowest BCUT2D eigenvalue weighted by Gasteiger charge is -2.32. The van der Waals surface area contributed by atoms with Crippen molar-refractivity contribution in [1.82, 2.24) is 0 Å². The molecule has 3 N–H and O–H groups in total. The second-order valence-electron chi connectivity index (χ2n) is 7.28. The normalized spacial score (nSPS) is 23.6. The molecule has 28 heavy (non-hydrogen) atoms. The van der Waals surface area contributed by atoms with Gasteiger partial charge in [-0.05, 0) is 42.2 Å². The second-order valence-corrected chi connectivity index (χ2v) is 7.28. The summed E-state index contributed by atoms with van der Waals surface area (Å²) in [6.45, 7) is 1.89. The van der Waals surface area contributed by atoms with Crippen molar-refractivity contribution in [1.29, 1.82) is 0 Å². The molecule has 4 rings (SSSR count). The zero-order chi connectivity index (χ0) is 19.8. The van der Waals surface area contributed by atoms with E-state index in [0.717, 1.165) is 22.6 Å². The summed E-state index contributed by atoms with van der Waals surface area (Å²) in [5, 5.41) is 16.8. The molecule has 144 valence electrons. The molecule has 6 heteroatoms. The van der Waals surface area contributed by atoms with Crippen LogP contribution in [0.1, 0.15) is 24.9 Å². The predicted octanol–water partition coefficient (Wildman–Crippen LogP) is 3.62. The van der Waals surface area contributed by atoms with Crippen LogP contribution in [0.25, 0.3) is 0 Å². The van der Waals surface area contributed by atoms with Gasteiger partial charge in [0.1, 0.15) is 11.7 Å². The summed E-state index contributed by atoms with van der Waals surface area (Å²) in [5.74, 6) is -1.66. The average molecular weight is 378 g/mol. The topological polar surface area (TPSA) is 87.7 Å². The Morgan fingerprint density at radius 3 is 2.61 bits per heavy atom. The first-order valence-electron chi connectivity index (χ1n) is 9.26. The van der Waals surface area contributed by atoms with Gasteiger partial charge >= 0.3 is 5.97 Å². The van der Waals surface area contributed by atoms with Crippen LogP contribution >= 0.6 is 0 Å². The molecule has 2 aliphatic rings. The van der Waals surface area contributed by atoms with E-state index in [9.17, 15) is 14.7 Å². The van der Waals surface area contributed by atoms with Gasteiger partial charge in [0, 0.05) is 11.3 Å². The van der Waals surface area contributed by atoms with Crippen molar-refractivity contribution in [2.24, 2.45) is 11.8 Å². The van der Waals surface area contributed by atoms with Gasteiger partial charge in [0.05, 0.1) is 24.5 Å². The molecule has 0 amide bonds. The Kier molecular flexibility index (Phi) is 4.55. The molecule has 6 nitrogen and oxygen atoms in total. The molecule has 1 aliphatic carbocycles. The van der Waals surface area contributed by atoms with E-state index in [1.807, 2.05) is 37.3 Å². The van der Waals surface area contributed by atoms with Gasteiger partial charge in [0.2, 0.25) is 0 Å². The van der Waals surface area contributed by atoms with Gasteiger partial charge in [0.25, 0.3) is 0 Å². The fraction of sp³-hybridized carbons (Fsp3) is 0.273. The van der Waals surface area contributed by atoms with Crippen LogP contribution < -0.4 is 10.6 Å². The first-order valence-corrected chi connectivity index (χ1v) is 9.26. The van der Waals surface area contributed by atoms with Crippen LogP contribution in [0.5, 0.6) is 5.75 Å². The Labute approximate surface area is 163 Å². The van der Waals surface area contributed by atoms with Crippen molar-refractivity contribution in [2.75, 3.05) is 17.7 Å². The lowest BCUT2D eigenvalue weighted by atomic mass is 9.75. The van der Waals surface area contributed by atoms with Crippen molar-refractivity contribution < 1.29 is 19.4 Å². The smallest absolute Gasteiger partial charge is 0.316 e. The van der Waals surface area contributed by atoms with Crippen molar-refractivity contribution in [2.45, 2.75) is 19.4 Å². The molecule has 0 saturated heterocycles. The number of aromatic hydroxyl groups is 1. The number of hydrogen-bond donors (Lipinski definition) is 3. The van der Waals surface area contributed by atoms with Gasteiger partial charge in [-0.1, -0.05) is 31.2 Å². The molecule has 3 atom stereocenters. The molecular weight excluding hydrogens is 356 g/mol. The minimum absolute atomic E-state index is 0.119. The molecule has 2 aromatic rings. The zero-order valence-electron chi connectivity index (χ0n) is 15.7. The molecule has 0 aromatic heterocycles. The number of ketones is 1. The Morgan fingerprint density at radius 2 is 1.89 bits per heavy atom. The number of carbonyl (C=O) groups is 2. The Balaban J connectivity index is 1.88. The number of para-hydroxylation sites is 2. The van der Waals surface area contributed by atoms with Gasteiger partial charge in [-0.25, -0.2) is 0 Å². The number of benzene rings is 2. The van der Waals surface area contributed by atoms with Crippen molar-refractivity contribution in [3.05, 3.63) is 65.4 Å². The molecule has 0 bridgehead atoms. The number of ether oxygens (including phenoxy) is 1. The molecule has 0 saturated carbocycles. The molecule has 0 radical (unpaired) electrons. The van der Waals surface area contributed by atoms with E-state index in [1.54, 1.807) is 18.2 Å². The fourth-order valence-electron chi connectivity index (χ4n) is 4.09. The third-order valence-corrected chi connectivity index (χ3v) is 5.43. The van der Waals surface area contributed by atoms with Crippen LogP contribution in [0.4, 0.5) is 11.4 Å². The summed E-state index contributed by atoms with van der Waals surface area (Å²) >= 11 is 0. The van der Waals surface area contributed by atoms with E-state index in [-0.39, 0.29) is 17.5 Å². The number of fused-ring (bicyclic) bond motifs is 1. The summed E-state index contributed by atoms with van der Waals surface area (Å²) in [5.41, 5.74) is 3.77. The van der Waals surface area contributed by atoms with Gasteiger partial charge in [0.15, 0.2) is 5.78 Å². The molecule has 1 heterocycles. The van der Waals surface area contributed by atoms with Crippen molar-refractivity contribution in [3.63, 3.8) is 0 Å². The third kappa shape index (κ3) is 3.01. The Bertz CT molecular complexity index is 982. The number of Topliss-reactive ketones (excluding diaryl/α,β-unsaturated/α-hetero) is 1. The van der Waals surface area contributed by atoms with Crippen LogP contribution in [-0.4, -0.2) is 24.0 Å². The van der Waals surface area contributed by atoms with Crippen LogP contribution in [0, 0.1) is 11.8 Å². The number of phenolic OH excluding ortho intramolecular Hbond substituents is 1. The minimum Gasteiger partial charge on any atom is -0.508 e. The van der Waals surface area contributed by atoms with Crippen molar-refractivity contribution >= 4 is 23.1 Å². The van der Waals surface area contributed by atoms with E-state index < -0.39 is 17.9 Å². The number of esters is 1. The molecule has 0 spiro atoms. The minimum atomic E-state index is -0.839. The molecule has 0 fully saturated rings. The lowest BCUT2D eigenvalue weighted by Crippen LogP contribution is -2.39. The number of anilines is 2. The van der Waals surface area contributed by atoms with Crippen molar-refractivity contribution in [3.8, 4) is 5.75 Å². The maximum absolute atomic E-state index is 13.4. The molecule has 1 aliphatic heterocycles. The molecule has 0 unspecified atom stereocenters. The average Bonchev–Trinajstić information content (AvgIpc) is 2.84. The van der Waals surface area contributed by atoms with Gasteiger partial charge in [-0.3, -0.25) is 9.59 Å². The first-order chi connectivity index (χ1) is 13.5. The molecular formula is C22H22N2O4. The highest BCUT2D eigenvalue weighted by Crippen LogP contribution is 2.44. The summed E-state index contributed by atoms with van der Waals surface area (Å²) in [6.07, 6.45) is 0.548. The van der Waals surface area contributed by atoms with E-state index >= 15 is 0 Å². The highest BCUT2D eigenvalue weighted by Gasteiger charge is 2.44. The predicted molar refractivity (Wildman–Crippen MR) is 106 cm³/mol. The number of allylic oxidation sites excluding steroid dienone is 1. The van der Waals surface area contributed by atoms with Crippen LogP contribution in [0.15, 0.2) is 59.8 Å². The number of methoxy groups -OCH3 is 1. The van der Waals surface area contributed by atoms with Crippen LogP contribution in [-0.2, 0) is 14.3 Å². The van der Waals surface area contributed by atoms with E-state index in [2.05, 4.69) is 10.6 Å². The zero-order valence-corrected chi connectivity index (χ0v) is 15.7. The first kappa shape index (κ1) is 18.1. The fourth-order valence-corrected chi connectivity index (χ4v) is 4.09. The monoisotopic (exact) mass is 378 g/mol. The number of carbonyl (C=O) groups excluding carboxylic acids is 2. The SMILES string of the molecule is COC(=O)[C@H]1C(=O)C2=C(C[C@@H]1C)Nc1ccccc1N[C@H]2c1cccc(O)c1. The largest absolute Gasteiger partial charge is 0.508 e. The highest BCUT2D eigenvalue weighted by molar-refractivity contribution is 6.11. The van der Waals surface area contributed by atoms with Crippen LogP contribution in [0.3, 0.4) is 0 Å². The van der Waals surface area contributed by atoms with Gasteiger partial charge < -0.3 is 20.5 Å². The number of rotatable bonds is 2. The maximum atomic E-state index is 13.4. The van der Waals surface area contributed by atoms with E-state index in [1.165, 1.54) is 7.11 Å². The summed E-state index contributed by atoms with van der Waals surface area (Å²) < 4.78 is 4.90. The van der Waals surface area contributed by atoms with E-state index in [0.29, 0.717) is 12.0 Å². The quantitative estimate of drug-likeness (QED) is 0.546. The highest BCUT2D eigenvalue weighted by atomic mass is 16.5. The van der Waals surface area contributed by atoms with E-state index in [4.69, 9.17) is 4.74 Å². The van der Waals surface area contributed by atoms with Gasteiger partial charge in [-0.2, -0.15) is 0 Å².